The predicted octanol–water partition coefficient (Wildman–Crippen LogP) is 0.644. The molecular formula is C16H27N5O6. The number of amides is 1. The van der Waals surface area contributed by atoms with Gasteiger partial charge in [-0.05, 0) is 18.4 Å². The van der Waals surface area contributed by atoms with Crippen LogP contribution in [-0.2, 0) is 23.9 Å². The van der Waals surface area contributed by atoms with Crippen LogP contribution in [0.3, 0.4) is 0 Å². The zero-order chi connectivity index (χ0) is 20.1. The van der Waals surface area contributed by atoms with E-state index < -0.39 is 11.9 Å². The minimum absolute atomic E-state index is 0.00537. The van der Waals surface area contributed by atoms with Crippen molar-refractivity contribution in [2.24, 2.45) is 5.11 Å². The van der Waals surface area contributed by atoms with Gasteiger partial charge in [0.2, 0.25) is 5.91 Å². The number of carboxylic acids is 1. The van der Waals surface area contributed by atoms with Gasteiger partial charge in [-0.15, -0.1) is 0 Å². The fourth-order valence-corrected chi connectivity index (χ4v) is 2.85. The molecule has 1 heterocycles. The van der Waals surface area contributed by atoms with Gasteiger partial charge in [0.15, 0.2) is 0 Å². The van der Waals surface area contributed by atoms with Crippen LogP contribution in [0.5, 0.6) is 0 Å². The minimum Gasteiger partial charge on any atom is -0.480 e. The average molecular weight is 385 g/mol. The highest BCUT2D eigenvalue weighted by Crippen LogP contribution is 2.13. The molecule has 1 N–H and O–H groups in total. The second kappa shape index (κ2) is 12.9. The molecule has 0 radical (unpaired) electrons. The Bertz CT molecular complexity index is 551. The first-order chi connectivity index (χ1) is 13.0. The molecule has 1 saturated heterocycles. The summed E-state index contributed by atoms with van der Waals surface area (Å²) in [6.07, 6.45) is 2.61. The van der Waals surface area contributed by atoms with Crippen molar-refractivity contribution in [3.8, 4) is 0 Å². The van der Waals surface area contributed by atoms with E-state index in [9.17, 15) is 14.4 Å². The summed E-state index contributed by atoms with van der Waals surface area (Å²) in [5.74, 6) is -1.51. The summed E-state index contributed by atoms with van der Waals surface area (Å²) in [7, 11) is 1.38. The number of carboxylic acid groups (broad SMARTS) is 1. The number of esters is 1. The van der Waals surface area contributed by atoms with Crippen LogP contribution in [-0.4, -0.2) is 91.8 Å². The molecule has 1 amide bonds. The molecule has 0 spiro atoms. The van der Waals surface area contributed by atoms with Crippen molar-refractivity contribution in [2.75, 3.05) is 53.0 Å². The predicted molar refractivity (Wildman–Crippen MR) is 94.9 cm³/mol. The molecule has 0 saturated carbocycles. The van der Waals surface area contributed by atoms with Crippen molar-refractivity contribution < 1.29 is 29.0 Å². The van der Waals surface area contributed by atoms with Crippen molar-refractivity contribution in [2.45, 2.75) is 31.7 Å². The van der Waals surface area contributed by atoms with Crippen molar-refractivity contribution in [1.82, 2.24) is 9.80 Å². The maximum Gasteiger partial charge on any atom is 0.332 e. The van der Waals surface area contributed by atoms with E-state index in [1.54, 1.807) is 9.80 Å². The monoisotopic (exact) mass is 385 g/mol. The number of azide groups is 1. The number of carbonyl (C=O) groups is 3. The summed E-state index contributed by atoms with van der Waals surface area (Å²) < 4.78 is 9.82. The summed E-state index contributed by atoms with van der Waals surface area (Å²) in [5.41, 5.74) is 8.21. The molecule has 11 nitrogen and oxygen atoms in total. The largest absolute Gasteiger partial charge is 0.480 e. The maximum atomic E-state index is 12.4. The second-order valence-corrected chi connectivity index (χ2v) is 6.24. The van der Waals surface area contributed by atoms with Crippen molar-refractivity contribution in [3.05, 3.63) is 10.4 Å². The third kappa shape index (κ3) is 9.23. The van der Waals surface area contributed by atoms with Crippen LogP contribution < -0.4 is 0 Å². The van der Waals surface area contributed by atoms with Crippen molar-refractivity contribution in [3.63, 3.8) is 0 Å². The molecule has 1 unspecified atom stereocenters. The van der Waals surface area contributed by atoms with E-state index in [1.165, 1.54) is 7.11 Å². The SMILES string of the molecule is COCC(=O)OCC1CN(C(=O)CCCCCN=[N+]=[N-])CCN1CC(=O)O. The van der Waals surface area contributed by atoms with E-state index in [0.29, 0.717) is 39.0 Å². The molecule has 152 valence electrons. The number of aliphatic carboxylic acids is 1. The summed E-state index contributed by atoms with van der Waals surface area (Å²) >= 11 is 0. The third-order valence-electron chi connectivity index (χ3n) is 4.21. The number of hydrogen-bond acceptors (Lipinski definition) is 7. The van der Waals surface area contributed by atoms with Gasteiger partial charge in [-0.25, -0.2) is 4.79 Å². The van der Waals surface area contributed by atoms with Gasteiger partial charge in [-0.3, -0.25) is 14.5 Å². The van der Waals surface area contributed by atoms with Gasteiger partial charge in [-0.2, -0.15) is 0 Å². The average Bonchev–Trinajstić information content (AvgIpc) is 2.63. The molecule has 11 heteroatoms. The van der Waals surface area contributed by atoms with E-state index in [0.717, 1.165) is 12.8 Å². The molecule has 0 aromatic heterocycles. The number of methoxy groups -OCH3 is 1. The lowest BCUT2D eigenvalue weighted by atomic mass is 10.1. The van der Waals surface area contributed by atoms with Crippen LogP contribution in [0.15, 0.2) is 5.11 Å². The number of carbonyl (C=O) groups excluding carboxylic acids is 2. The molecule has 0 aromatic carbocycles. The maximum absolute atomic E-state index is 12.4. The van der Waals surface area contributed by atoms with Crippen LogP contribution in [0.4, 0.5) is 0 Å². The van der Waals surface area contributed by atoms with E-state index in [2.05, 4.69) is 10.0 Å². The van der Waals surface area contributed by atoms with Crippen LogP contribution >= 0.6 is 0 Å². The molecule has 1 aliphatic heterocycles. The molecule has 1 aliphatic rings. The topological polar surface area (TPSA) is 145 Å². The summed E-state index contributed by atoms with van der Waals surface area (Å²) in [4.78, 5) is 41.0. The quantitative estimate of drug-likeness (QED) is 0.171. The first-order valence-corrected chi connectivity index (χ1v) is 8.87. The minimum atomic E-state index is -0.969. The molecule has 0 aromatic rings. The van der Waals surface area contributed by atoms with Gasteiger partial charge in [0.05, 0.1) is 12.6 Å². The lowest BCUT2D eigenvalue weighted by Crippen LogP contribution is -2.57. The number of ether oxygens (including phenoxy) is 2. The van der Waals surface area contributed by atoms with Crippen LogP contribution in [0.2, 0.25) is 0 Å². The van der Waals surface area contributed by atoms with Gasteiger partial charge in [0.1, 0.15) is 13.2 Å². The zero-order valence-electron chi connectivity index (χ0n) is 15.6. The van der Waals surface area contributed by atoms with Crippen molar-refractivity contribution in [1.29, 1.82) is 0 Å². The van der Waals surface area contributed by atoms with Crippen molar-refractivity contribution >= 4 is 17.8 Å². The lowest BCUT2D eigenvalue weighted by molar-refractivity contribution is -0.152. The fraction of sp³-hybridized carbons (Fsp3) is 0.812. The Morgan fingerprint density at radius 3 is 2.70 bits per heavy atom. The van der Waals surface area contributed by atoms with Crippen LogP contribution in [0, 0.1) is 0 Å². The molecule has 1 rings (SSSR count). The molecule has 0 aliphatic carbocycles. The number of nitrogens with zero attached hydrogens (tertiary/aromatic N) is 5. The molecule has 1 fully saturated rings. The Morgan fingerprint density at radius 1 is 1.26 bits per heavy atom. The standard InChI is InChI=1S/C16H27N5O6/c1-26-12-16(25)27-11-13-9-21(8-7-20(13)10-15(23)24)14(22)5-3-2-4-6-18-19-17/h13H,2-12H2,1H3,(H,23,24). The fourth-order valence-electron chi connectivity index (χ4n) is 2.85. The number of rotatable bonds is 12. The van der Waals surface area contributed by atoms with Gasteiger partial charge >= 0.3 is 11.9 Å². The third-order valence-corrected chi connectivity index (χ3v) is 4.21. The van der Waals surface area contributed by atoms with E-state index >= 15 is 0 Å². The molecule has 0 bridgehead atoms. The Morgan fingerprint density at radius 2 is 2.04 bits per heavy atom. The van der Waals surface area contributed by atoms with Gasteiger partial charge in [0, 0.05) is 44.6 Å². The van der Waals surface area contributed by atoms with E-state index in [4.69, 9.17) is 20.1 Å². The van der Waals surface area contributed by atoms with Crippen LogP contribution in [0.1, 0.15) is 25.7 Å². The van der Waals surface area contributed by atoms with Gasteiger partial charge in [-0.1, -0.05) is 11.5 Å². The summed E-state index contributed by atoms with van der Waals surface area (Å²) in [6, 6.07) is -0.371. The molecule has 1 atom stereocenters. The van der Waals surface area contributed by atoms with Gasteiger partial charge < -0.3 is 19.5 Å². The highest BCUT2D eigenvalue weighted by Gasteiger charge is 2.31. The highest BCUT2D eigenvalue weighted by molar-refractivity contribution is 5.76. The Balaban J connectivity index is 2.50. The Kier molecular flexibility index (Phi) is 10.8. The summed E-state index contributed by atoms with van der Waals surface area (Å²) in [6.45, 7) is 1.23. The lowest BCUT2D eigenvalue weighted by Gasteiger charge is -2.40. The second-order valence-electron chi connectivity index (χ2n) is 6.24. The number of unbranched alkanes of at least 4 members (excludes halogenated alkanes) is 2. The van der Waals surface area contributed by atoms with E-state index in [-0.39, 0.29) is 31.7 Å². The highest BCUT2D eigenvalue weighted by atomic mass is 16.6. The smallest absolute Gasteiger partial charge is 0.332 e. The molecule has 27 heavy (non-hydrogen) atoms. The Hall–Kier alpha value is -2.36. The first kappa shape index (κ1) is 22.7. The first-order valence-electron chi connectivity index (χ1n) is 8.87. The van der Waals surface area contributed by atoms with Crippen LogP contribution in [0.25, 0.3) is 10.4 Å². The Labute approximate surface area is 157 Å². The summed E-state index contributed by atoms with van der Waals surface area (Å²) in [5, 5.41) is 12.5. The zero-order valence-corrected chi connectivity index (χ0v) is 15.6. The van der Waals surface area contributed by atoms with Gasteiger partial charge in [0.25, 0.3) is 0 Å². The normalized spacial score (nSPS) is 17.2. The number of piperazine rings is 1. The van der Waals surface area contributed by atoms with E-state index in [1.807, 2.05) is 0 Å². The molecular weight excluding hydrogens is 358 g/mol. The number of hydrogen-bond donors (Lipinski definition) is 1.